The van der Waals surface area contributed by atoms with Crippen molar-refractivity contribution in [1.29, 1.82) is 0 Å². The number of nitrogens with two attached hydrogens (primary N) is 1. The van der Waals surface area contributed by atoms with Gasteiger partial charge in [-0.15, -0.1) is 0 Å². The Morgan fingerprint density at radius 3 is 2.44 bits per heavy atom. The van der Waals surface area contributed by atoms with Gasteiger partial charge in [0.1, 0.15) is 11.4 Å². The van der Waals surface area contributed by atoms with E-state index in [0.717, 1.165) is 10.1 Å². The molecule has 0 unspecified atom stereocenters. The van der Waals surface area contributed by atoms with Gasteiger partial charge < -0.3 is 11.1 Å². The number of amides is 1. The summed E-state index contributed by atoms with van der Waals surface area (Å²) in [5, 5.41) is 2.68. The van der Waals surface area contributed by atoms with Gasteiger partial charge in [0, 0.05) is 13.1 Å². The quantitative estimate of drug-likeness (QED) is 0.423. The van der Waals surface area contributed by atoms with Crippen molar-refractivity contribution in [3.05, 3.63) is 62.3 Å². The van der Waals surface area contributed by atoms with Gasteiger partial charge in [0.25, 0.3) is 5.56 Å². The maximum Gasteiger partial charge on any atom is 0.332 e. The first-order valence-corrected chi connectivity index (χ1v) is 12.7. The summed E-state index contributed by atoms with van der Waals surface area (Å²) in [6, 6.07) is 8.57. The fraction of sp³-hybridized carbons (Fsp3) is 0.455. The molecule has 1 atom stereocenters. The van der Waals surface area contributed by atoms with Crippen LogP contribution in [0.1, 0.15) is 29.3 Å². The maximum atomic E-state index is 13.1. The molecule has 3 N–H and O–H groups in total. The van der Waals surface area contributed by atoms with E-state index >= 15 is 0 Å². The molecule has 11 nitrogen and oxygen atoms in total. The van der Waals surface area contributed by atoms with Crippen LogP contribution in [0.5, 0.6) is 0 Å². The molecule has 1 aromatic carbocycles. The third kappa shape index (κ3) is 5.81. The van der Waals surface area contributed by atoms with E-state index in [1.807, 2.05) is 6.07 Å². The Kier molecular flexibility index (Phi) is 7.72. The number of benzene rings is 1. The monoisotopic (exact) mass is 491 g/mol. The predicted octanol–water partition coefficient (Wildman–Crippen LogP) is -1.01. The first kappa shape index (κ1) is 25.4. The molecule has 1 saturated heterocycles. The van der Waals surface area contributed by atoms with Gasteiger partial charge in [0.05, 0.1) is 31.1 Å². The lowest BCUT2D eigenvalue weighted by atomic mass is 10.1. The molecule has 34 heavy (non-hydrogen) atoms. The normalized spacial score (nSPS) is 17.1. The van der Waals surface area contributed by atoms with Crippen LogP contribution in [0, 0.1) is 0 Å². The summed E-state index contributed by atoms with van der Waals surface area (Å²) in [7, 11) is -1.85. The smallest absolute Gasteiger partial charge is 0.332 e. The molecular formula is C22H29N5O6S. The second kappa shape index (κ2) is 10.3. The summed E-state index contributed by atoms with van der Waals surface area (Å²) >= 11 is 0. The van der Waals surface area contributed by atoms with E-state index < -0.39 is 38.8 Å². The lowest BCUT2D eigenvalue weighted by Gasteiger charge is -2.21. The van der Waals surface area contributed by atoms with Crippen molar-refractivity contribution in [3.63, 3.8) is 0 Å². The van der Waals surface area contributed by atoms with E-state index in [-0.39, 0.29) is 42.5 Å². The number of aromatic nitrogens is 2. The molecule has 1 amide bonds. The van der Waals surface area contributed by atoms with E-state index in [2.05, 4.69) is 5.32 Å². The number of nitrogen functional groups attached to an aromatic ring is 1. The highest BCUT2D eigenvalue weighted by molar-refractivity contribution is 7.91. The van der Waals surface area contributed by atoms with Gasteiger partial charge >= 0.3 is 5.69 Å². The third-order valence-electron chi connectivity index (χ3n) is 5.82. The zero-order valence-electron chi connectivity index (χ0n) is 19.2. The number of carbonyl (C=O) groups is 2. The highest BCUT2D eigenvalue weighted by Gasteiger charge is 2.29. The number of hydrogen-bond donors (Lipinski definition) is 2. The molecule has 1 aromatic heterocycles. The first-order valence-electron chi connectivity index (χ1n) is 10.9. The minimum Gasteiger partial charge on any atom is -0.384 e. The molecule has 0 spiro atoms. The van der Waals surface area contributed by atoms with Crippen LogP contribution in [0.15, 0.2) is 39.9 Å². The number of carbonyl (C=O) groups excluding carboxylic acids is 2. The average Bonchev–Trinajstić information content (AvgIpc) is 3.13. The Bertz CT molecular complexity index is 1300. The molecule has 1 aliphatic rings. The van der Waals surface area contributed by atoms with Crippen LogP contribution < -0.4 is 22.3 Å². The molecule has 0 bridgehead atoms. The lowest BCUT2D eigenvalue weighted by Crippen LogP contribution is -2.46. The summed E-state index contributed by atoms with van der Waals surface area (Å²) < 4.78 is 25.2. The van der Waals surface area contributed by atoms with E-state index in [0.29, 0.717) is 13.0 Å². The van der Waals surface area contributed by atoms with Crippen molar-refractivity contribution >= 4 is 27.3 Å². The molecule has 1 fully saturated rings. The molecule has 0 radical (unpaired) electrons. The van der Waals surface area contributed by atoms with Crippen molar-refractivity contribution in [2.45, 2.75) is 25.9 Å². The fourth-order valence-electron chi connectivity index (χ4n) is 3.91. The van der Waals surface area contributed by atoms with Gasteiger partial charge in [0.2, 0.25) is 5.91 Å². The van der Waals surface area contributed by atoms with E-state index in [4.69, 9.17) is 5.73 Å². The van der Waals surface area contributed by atoms with Gasteiger partial charge in [-0.1, -0.05) is 37.3 Å². The van der Waals surface area contributed by atoms with Gasteiger partial charge in [-0.05, 0) is 18.5 Å². The Morgan fingerprint density at radius 2 is 1.85 bits per heavy atom. The van der Waals surface area contributed by atoms with Crippen molar-refractivity contribution in [3.8, 4) is 0 Å². The van der Waals surface area contributed by atoms with Crippen molar-refractivity contribution in [1.82, 2.24) is 19.4 Å². The number of Topliss-reactive ketones (excluding diaryl/α,β-unsaturated/α-hetero) is 1. The summed E-state index contributed by atoms with van der Waals surface area (Å²) in [5.41, 5.74) is 5.16. The first-order chi connectivity index (χ1) is 16.0. The molecule has 12 heteroatoms. The highest BCUT2D eigenvalue weighted by atomic mass is 32.2. The summed E-state index contributed by atoms with van der Waals surface area (Å²) in [6.45, 7) is 1.74. The SMILES string of the molecule is CCN(CC(=O)N[C@@H]1CCS(=O)(=O)C1)CC(=O)c1c(N)n(Cc2ccccc2)c(=O)n(C)c1=O. The van der Waals surface area contributed by atoms with Crippen LogP contribution in [0.3, 0.4) is 0 Å². The van der Waals surface area contributed by atoms with E-state index in [1.54, 1.807) is 31.2 Å². The number of nitrogens with zero attached hydrogens (tertiary/aromatic N) is 3. The molecule has 0 saturated carbocycles. The topological polar surface area (TPSA) is 154 Å². The number of hydrogen-bond acceptors (Lipinski definition) is 8. The second-order valence-corrected chi connectivity index (χ2v) is 10.6. The molecule has 0 aliphatic carbocycles. The van der Waals surface area contributed by atoms with Crippen LogP contribution in [0.4, 0.5) is 5.82 Å². The Hall–Kier alpha value is -3.25. The molecule has 2 heterocycles. The number of anilines is 1. The van der Waals surface area contributed by atoms with Crippen molar-refractivity contribution in [2.75, 3.05) is 36.9 Å². The highest BCUT2D eigenvalue weighted by Crippen LogP contribution is 2.12. The van der Waals surface area contributed by atoms with Crippen LogP contribution >= 0.6 is 0 Å². The molecular weight excluding hydrogens is 462 g/mol. The van der Waals surface area contributed by atoms with Gasteiger partial charge in [-0.2, -0.15) is 0 Å². The van der Waals surface area contributed by atoms with E-state index in [9.17, 15) is 27.6 Å². The number of ketones is 1. The van der Waals surface area contributed by atoms with Gasteiger partial charge in [-0.25, -0.2) is 13.2 Å². The summed E-state index contributed by atoms with van der Waals surface area (Å²) in [6.07, 6.45) is 0.356. The lowest BCUT2D eigenvalue weighted by molar-refractivity contribution is -0.122. The molecule has 184 valence electrons. The standard InChI is InChI=1S/C22H29N5O6S/c1-3-26(13-18(29)24-16-9-10-34(32,33)14-16)12-17(28)19-20(23)27(22(31)25(2)21(19)30)11-15-7-5-4-6-8-15/h4-8,16H,3,9-14,23H2,1-2H3,(H,24,29)/t16-/m1/s1. The van der Waals surface area contributed by atoms with Crippen LogP contribution in [0.2, 0.25) is 0 Å². The largest absolute Gasteiger partial charge is 0.384 e. The van der Waals surface area contributed by atoms with Crippen LogP contribution in [0.25, 0.3) is 0 Å². The Labute approximate surface area is 197 Å². The van der Waals surface area contributed by atoms with E-state index in [1.165, 1.54) is 16.5 Å². The Morgan fingerprint density at radius 1 is 1.18 bits per heavy atom. The van der Waals surface area contributed by atoms with Gasteiger partial charge in [0.15, 0.2) is 15.6 Å². The summed E-state index contributed by atoms with van der Waals surface area (Å²) in [5.74, 6) is -1.31. The molecule has 3 rings (SSSR count). The van der Waals surface area contributed by atoms with Crippen LogP contribution in [-0.4, -0.2) is 71.3 Å². The average molecular weight is 492 g/mol. The van der Waals surface area contributed by atoms with Gasteiger partial charge in [-0.3, -0.25) is 28.4 Å². The Balaban J connectivity index is 1.78. The number of sulfone groups is 1. The zero-order valence-corrected chi connectivity index (χ0v) is 20.0. The second-order valence-electron chi connectivity index (χ2n) is 8.37. The molecule has 1 aliphatic heterocycles. The number of likely N-dealkylation sites (N-methyl/N-ethyl adjacent to an activating group) is 1. The zero-order chi connectivity index (χ0) is 25.0. The van der Waals surface area contributed by atoms with Crippen LogP contribution in [-0.2, 0) is 28.2 Å². The predicted molar refractivity (Wildman–Crippen MR) is 128 cm³/mol. The summed E-state index contributed by atoms with van der Waals surface area (Å²) in [4.78, 5) is 52.4. The number of nitrogens with one attached hydrogen (secondary N) is 1. The molecule has 2 aromatic rings. The third-order valence-corrected chi connectivity index (χ3v) is 7.59. The van der Waals surface area contributed by atoms with Crippen molar-refractivity contribution < 1.29 is 18.0 Å². The number of rotatable bonds is 9. The fourth-order valence-corrected chi connectivity index (χ4v) is 5.58. The minimum atomic E-state index is -3.14. The maximum absolute atomic E-state index is 13.1. The van der Waals surface area contributed by atoms with Crippen molar-refractivity contribution in [2.24, 2.45) is 7.05 Å². The minimum absolute atomic E-state index is 0.0369.